The minimum Gasteiger partial charge on any atom is -0.481 e. The number of hydrogen-bond acceptors (Lipinski definition) is 3. The van der Waals surface area contributed by atoms with E-state index in [2.05, 4.69) is 0 Å². The molecule has 0 bridgehead atoms. The molecule has 2 rings (SSSR count). The van der Waals surface area contributed by atoms with Crippen molar-refractivity contribution in [2.75, 3.05) is 7.11 Å². The van der Waals surface area contributed by atoms with Gasteiger partial charge in [-0.2, -0.15) is 0 Å². The SMILES string of the molecule is COC(=O)n1c(C)c(CC(=O)O)c2ccccc21. The van der Waals surface area contributed by atoms with E-state index in [0.717, 1.165) is 5.39 Å². The van der Waals surface area contributed by atoms with Gasteiger partial charge in [0.1, 0.15) is 0 Å². The molecule has 0 spiro atoms. The minimum atomic E-state index is -0.925. The second-order valence-electron chi connectivity index (χ2n) is 3.96. The Morgan fingerprint density at radius 3 is 2.61 bits per heavy atom. The van der Waals surface area contributed by atoms with E-state index in [1.165, 1.54) is 11.7 Å². The van der Waals surface area contributed by atoms with Crippen molar-refractivity contribution in [3.8, 4) is 0 Å². The van der Waals surface area contributed by atoms with Crippen LogP contribution in [-0.4, -0.2) is 28.8 Å². The number of methoxy groups -OCH3 is 1. The van der Waals surface area contributed by atoms with Crippen molar-refractivity contribution in [2.45, 2.75) is 13.3 Å². The second kappa shape index (κ2) is 4.52. The Morgan fingerprint density at radius 1 is 1.33 bits per heavy atom. The van der Waals surface area contributed by atoms with Crippen LogP contribution >= 0.6 is 0 Å². The summed E-state index contributed by atoms with van der Waals surface area (Å²) in [5.41, 5.74) is 1.91. The van der Waals surface area contributed by atoms with E-state index >= 15 is 0 Å². The third-order valence-corrected chi connectivity index (χ3v) is 2.93. The number of hydrogen-bond donors (Lipinski definition) is 1. The summed E-state index contributed by atoms with van der Waals surface area (Å²) >= 11 is 0. The van der Waals surface area contributed by atoms with E-state index in [4.69, 9.17) is 9.84 Å². The lowest BCUT2D eigenvalue weighted by atomic mass is 10.1. The lowest BCUT2D eigenvalue weighted by Crippen LogP contribution is -2.13. The zero-order valence-electron chi connectivity index (χ0n) is 10.1. The summed E-state index contributed by atoms with van der Waals surface area (Å²) < 4.78 is 6.12. The fourth-order valence-electron chi connectivity index (χ4n) is 2.14. The maximum absolute atomic E-state index is 11.7. The maximum Gasteiger partial charge on any atom is 0.418 e. The molecule has 94 valence electrons. The van der Waals surface area contributed by atoms with E-state index < -0.39 is 12.1 Å². The van der Waals surface area contributed by atoms with Gasteiger partial charge in [-0.3, -0.25) is 4.79 Å². The van der Waals surface area contributed by atoms with Crippen molar-refractivity contribution in [1.82, 2.24) is 4.57 Å². The number of ether oxygens (including phenoxy) is 1. The van der Waals surface area contributed by atoms with Gasteiger partial charge in [0.2, 0.25) is 0 Å². The van der Waals surface area contributed by atoms with Crippen LogP contribution in [0.15, 0.2) is 24.3 Å². The molecule has 1 aromatic carbocycles. The van der Waals surface area contributed by atoms with E-state index in [0.29, 0.717) is 16.8 Å². The molecule has 0 saturated heterocycles. The van der Waals surface area contributed by atoms with E-state index in [-0.39, 0.29) is 6.42 Å². The number of carboxylic acid groups (broad SMARTS) is 1. The van der Waals surface area contributed by atoms with Crippen molar-refractivity contribution in [2.24, 2.45) is 0 Å². The largest absolute Gasteiger partial charge is 0.481 e. The summed E-state index contributed by atoms with van der Waals surface area (Å²) in [6, 6.07) is 7.19. The molecule has 0 radical (unpaired) electrons. The quantitative estimate of drug-likeness (QED) is 0.883. The number of rotatable bonds is 2. The molecule has 0 amide bonds. The molecule has 5 heteroatoms. The second-order valence-corrected chi connectivity index (χ2v) is 3.96. The van der Waals surface area contributed by atoms with Crippen LogP contribution in [0, 0.1) is 6.92 Å². The van der Waals surface area contributed by atoms with Gasteiger partial charge in [-0.15, -0.1) is 0 Å². The van der Waals surface area contributed by atoms with Crippen molar-refractivity contribution in [3.63, 3.8) is 0 Å². The predicted molar refractivity (Wildman–Crippen MR) is 65.8 cm³/mol. The number of nitrogens with zero attached hydrogens (tertiary/aromatic N) is 1. The Kier molecular flexibility index (Phi) is 3.06. The number of fused-ring (bicyclic) bond motifs is 1. The first-order valence-corrected chi connectivity index (χ1v) is 5.45. The molecule has 2 aromatic rings. The lowest BCUT2D eigenvalue weighted by molar-refractivity contribution is -0.136. The Balaban J connectivity index is 2.75. The van der Waals surface area contributed by atoms with Gasteiger partial charge < -0.3 is 9.84 Å². The van der Waals surface area contributed by atoms with E-state index in [1.54, 1.807) is 25.1 Å². The fourth-order valence-corrected chi connectivity index (χ4v) is 2.14. The number of carboxylic acids is 1. The molecule has 0 aliphatic heterocycles. The van der Waals surface area contributed by atoms with Crippen LogP contribution < -0.4 is 0 Å². The van der Waals surface area contributed by atoms with Crippen LogP contribution in [0.2, 0.25) is 0 Å². The first-order chi connectivity index (χ1) is 8.56. The molecule has 0 saturated carbocycles. The third kappa shape index (κ3) is 1.84. The lowest BCUT2D eigenvalue weighted by Gasteiger charge is -2.04. The predicted octanol–water partition coefficient (Wildman–Crippen LogP) is 2.19. The van der Waals surface area contributed by atoms with Crippen LogP contribution in [0.4, 0.5) is 4.79 Å². The van der Waals surface area contributed by atoms with Gasteiger partial charge in [-0.1, -0.05) is 18.2 Å². The van der Waals surface area contributed by atoms with Gasteiger partial charge in [0.15, 0.2) is 0 Å². The summed E-state index contributed by atoms with van der Waals surface area (Å²) in [7, 11) is 1.30. The third-order valence-electron chi connectivity index (χ3n) is 2.93. The van der Waals surface area contributed by atoms with Crippen LogP contribution in [0.5, 0.6) is 0 Å². The topological polar surface area (TPSA) is 68.5 Å². The Hall–Kier alpha value is -2.30. The average Bonchev–Trinajstić information content (AvgIpc) is 2.62. The van der Waals surface area contributed by atoms with Crippen molar-refractivity contribution >= 4 is 23.0 Å². The minimum absolute atomic E-state index is 0.115. The van der Waals surface area contributed by atoms with Gasteiger partial charge in [-0.05, 0) is 18.6 Å². The summed E-state index contributed by atoms with van der Waals surface area (Å²) in [6.07, 6.45) is -0.628. The monoisotopic (exact) mass is 247 g/mol. The normalized spacial score (nSPS) is 10.6. The standard InChI is InChI=1S/C13H13NO4/c1-8-10(7-12(15)16)9-5-3-4-6-11(9)14(8)13(17)18-2/h3-6H,7H2,1-2H3,(H,15,16). The fraction of sp³-hybridized carbons (Fsp3) is 0.231. The summed E-state index contributed by atoms with van der Waals surface area (Å²) in [4.78, 5) is 22.6. The molecule has 1 N–H and O–H groups in total. The van der Waals surface area contributed by atoms with Crippen molar-refractivity contribution < 1.29 is 19.4 Å². The molecule has 1 aromatic heterocycles. The molecule has 0 atom stereocenters. The van der Waals surface area contributed by atoms with E-state index in [1.807, 2.05) is 6.07 Å². The zero-order chi connectivity index (χ0) is 13.3. The molecule has 0 unspecified atom stereocenters. The van der Waals surface area contributed by atoms with Gasteiger partial charge in [-0.25, -0.2) is 9.36 Å². The number of para-hydroxylation sites is 1. The van der Waals surface area contributed by atoms with Crippen LogP contribution in [0.3, 0.4) is 0 Å². The van der Waals surface area contributed by atoms with E-state index in [9.17, 15) is 9.59 Å². The summed E-state index contributed by atoms with van der Waals surface area (Å²) in [6.45, 7) is 1.72. The van der Waals surface area contributed by atoms with Gasteiger partial charge in [0.25, 0.3) is 0 Å². The van der Waals surface area contributed by atoms with Crippen LogP contribution in [-0.2, 0) is 16.0 Å². The van der Waals surface area contributed by atoms with Gasteiger partial charge in [0.05, 0.1) is 19.0 Å². The zero-order valence-corrected chi connectivity index (χ0v) is 10.1. The van der Waals surface area contributed by atoms with Crippen molar-refractivity contribution in [3.05, 3.63) is 35.5 Å². The molecule has 5 nitrogen and oxygen atoms in total. The maximum atomic E-state index is 11.7. The highest BCUT2D eigenvalue weighted by atomic mass is 16.5. The number of benzene rings is 1. The van der Waals surface area contributed by atoms with Crippen LogP contribution in [0.1, 0.15) is 11.3 Å². The first-order valence-electron chi connectivity index (χ1n) is 5.45. The molecule has 1 heterocycles. The molecular formula is C13H13NO4. The molecule has 0 aliphatic rings. The van der Waals surface area contributed by atoms with Gasteiger partial charge in [0, 0.05) is 11.1 Å². The highest BCUT2D eigenvalue weighted by Crippen LogP contribution is 2.26. The number of carbonyl (C=O) groups is 2. The van der Waals surface area contributed by atoms with Gasteiger partial charge >= 0.3 is 12.1 Å². The summed E-state index contributed by atoms with van der Waals surface area (Å²) in [5.74, 6) is -0.925. The first kappa shape index (κ1) is 12.2. The highest BCUT2D eigenvalue weighted by Gasteiger charge is 2.19. The van der Waals surface area contributed by atoms with Crippen molar-refractivity contribution in [1.29, 1.82) is 0 Å². The smallest absolute Gasteiger partial charge is 0.418 e. The molecule has 0 aliphatic carbocycles. The Labute approximate surface area is 104 Å². The van der Waals surface area contributed by atoms with Crippen LogP contribution in [0.25, 0.3) is 10.9 Å². The number of aromatic nitrogens is 1. The number of carbonyl (C=O) groups excluding carboxylic acids is 1. The summed E-state index contributed by atoms with van der Waals surface area (Å²) in [5, 5.41) is 9.70. The molecular weight excluding hydrogens is 234 g/mol. The highest BCUT2D eigenvalue weighted by molar-refractivity contribution is 5.95. The number of aliphatic carboxylic acids is 1. The molecule has 0 fully saturated rings. The average molecular weight is 247 g/mol. The Bertz CT molecular complexity index is 627. The molecule has 18 heavy (non-hydrogen) atoms. The Morgan fingerprint density at radius 2 is 2.00 bits per heavy atom.